The third-order valence-electron chi connectivity index (χ3n) is 5.19. The van der Waals surface area contributed by atoms with Crippen molar-refractivity contribution in [3.05, 3.63) is 54.0 Å². The van der Waals surface area contributed by atoms with Crippen LogP contribution in [0.4, 0.5) is 5.69 Å². The van der Waals surface area contributed by atoms with Gasteiger partial charge in [0.05, 0.1) is 18.4 Å². The first kappa shape index (κ1) is 18.9. The second-order valence-electron chi connectivity index (χ2n) is 7.44. The summed E-state index contributed by atoms with van der Waals surface area (Å²) in [5.41, 5.74) is 0.947. The van der Waals surface area contributed by atoms with Gasteiger partial charge in [0.15, 0.2) is 5.76 Å². The molecule has 1 unspecified atom stereocenters. The number of benzene rings is 1. The first-order valence-electron chi connectivity index (χ1n) is 9.07. The number of hydrogen-bond donors (Lipinski definition) is 0. The van der Waals surface area contributed by atoms with Crippen LogP contribution >= 0.6 is 0 Å². The van der Waals surface area contributed by atoms with Gasteiger partial charge in [-0.1, -0.05) is 24.6 Å². The second kappa shape index (κ2) is 7.02. The van der Waals surface area contributed by atoms with Gasteiger partial charge in [-0.05, 0) is 51.5 Å². The van der Waals surface area contributed by atoms with Crippen LogP contribution in [0.15, 0.2) is 47.1 Å². The Morgan fingerprint density at radius 2 is 1.89 bits per heavy atom. The van der Waals surface area contributed by atoms with Crippen molar-refractivity contribution in [2.45, 2.75) is 52.1 Å². The minimum absolute atomic E-state index is 0.0391. The predicted molar refractivity (Wildman–Crippen MR) is 101 cm³/mol. The van der Waals surface area contributed by atoms with E-state index in [1.165, 1.54) is 16.1 Å². The number of hydrogen-bond acceptors (Lipinski definition) is 4. The van der Waals surface area contributed by atoms with Crippen LogP contribution in [0.1, 0.15) is 49.7 Å². The van der Waals surface area contributed by atoms with E-state index >= 15 is 0 Å². The highest BCUT2D eigenvalue weighted by atomic mass is 16.3. The van der Waals surface area contributed by atoms with Crippen LogP contribution in [0, 0.1) is 6.92 Å². The Bertz CT molecular complexity index is 853. The van der Waals surface area contributed by atoms with Gasteiger partial charge in [-0.2, -0.15) is 0 Å². The summed E-state index contributed by atoms with van der Waals surface area (Å²) in [5, 5.41) is 0. The van der Waals surface area contributed by atoms with E-state index in [-0.39, 0.29) is 29.9 Å². The first-order chi connectivity index (χ1) is 12.8. The minimum Gasteiger partial charge on any atom is -0.459 e. The zero-order valence-electron chi connectivity index (χ0n) is 16.1. The van der Waals surface area contributed by atoms with Crippen molar-refractivity contribution in [2.24, 2.45) is 0 Å². The van der Waals surface area contributed by atoms with Crippen molar-refractivity contribution in [3.8, 4) is 0 Å². The maximum Gasteiger partial charge on any atom is 0.290 e. The van der Waals surface area contributed by atoms with Crippen molar-refractivity contribution in [1.82, 2.24) is 4.90 Å². The molecule has 1 saturated heterocycles. The van der Waals surface area contributed by atoms with E-state index < -0.39 is 11.6 Å². The molecule has 6 nitrogen and oxygen atoms in total. The number of furan rings is 1. The largest absolute Gasteiger partial charge is 0.459 e. The molecule has 0 spiro atoms. The Labute approximate surface area is 158 Å². The maximum atomic E-state index is 13.2. The highest BCUT2D eigenvalue weighted by molar-refractivity contribution is 6.23. The highest BCUT2D eigenvalue weighted by Crippen LogP contribution is 2.32. The normalized spacial score (nSPS) is 17.5. The van der Waals surface area contributed by atoms with Gasteiger partial charge in [0, 0.05) is 5.54 Å². The Balaban J connectivity index is 1.98. The summed E-state index contributed by atoms with van der Waals surface area (Å²) in [6, 6.07) is 9.54. The van der Waals surface area contributed by atoms with E-state index in [2.05, 4.69) is 0 Å². The molecule has 0 radical (unpaired) electrons. The molecule has 6 heteroatoms. The quantitative estimate of drug-likeness (QED) is 0.757. The Morgan fingerprint density at radius 3 is 2.44 bits per heavy atom. The van der Waals surface area contributed by atoms with E-state index in [9.17, 15) is 14.4 Å². The van der Waals surface area contributed by atoms with Crippen molar-refractivity contribution >= 4 is 23.4 Å². The van der Waals surface area contributed by atoms with Crippen molar-refractivity contribution in [2.75, 3.05) is 4.90 Å². The topological polar surface area (TPSA) is 70.8 Å². The van der Waals surface area contributed by atoms with E-state index in [1.807, 2.05) is 39.8 Å². The fourth-order valence-corrected chi connectivity index (χ4v) is 3.31. The van der Waals surface area contributed by atoms with E-state index in [1.54, 1.807) is 24.3 Å². The van der Waals surface area contributed by atoms with Crippen LogP contribution in [0.3, 0.4) is 0 Å². The van der Waals surface area contributed by atoms with Gasteiger partial charge in [-0.3, -0.25) is 14.4 Å². The standard InChI is InChI=1S/C21H24N2O4/c1-5-21(3,4)23(20(26)17-7-6-12-27-17)16-13-18(24)22(19(16)25)15-10-8-14(2)9-11-15/h6-12,16H,5,13H2,1-4H3. The molecule has 0 aliphatic carbocycles. The smallest absolute Gasteiger partial charge is 0.290 e. The van der Waals surface area contributed by atoms with Crippen LogP contribution in [-0.2, 0) is 9.59 Å². The molecule has 3 amide bonds. The van der Waals surface area contributed by atoms with Gasteiger partial charge < -0.3 is 9.32 Å². The number of aryl methyl sites for hydroxylation is 1. The molecular formula is C21H24N2O4. The monoisotopic (exact) mass is 368 g/mol. The average molecular weight is 368 g/mol. The number of imide groups is 1. The highest BCUT2D eigenvalue weighted by Gasteiger charge is 2.48. The minimum atomic E-state index is -0.855. The van der Waals surface area contributed by atoms with Crippen molar-refractivity contribution in [3.63, 3.8) is 0 Å². The Morgan fingerprint density at radius 1 is 1.22 bits per heavy atom. The van der Waals surface area contributed by atoms with Gasteiger partial charge in [0.2, 0.25) is 5.91 Å². The molecule has 1 aromatic heterocycles. The number of amides is 3. The van der Waals surface area contributed by atoms with Crippen molar-refractivity contribution < 1.29 is 18.8 Å². The lowest BCUT2D eigenvalue weighted by atomic mass is 9.95. The van der Waals surface area contributed by atoms with Gasteiger partial charge in [0.25, 0.3) is 11.8 Å². The van der Waals surface area contributed by atoms with Crippen LogP contribution in [-0.4, -0.2) is 34.2 Å². The third kappa shape index (κ3) is 3.39. The van der Waals surface area contributed by atoms with Crippen LogP contribution < -0.4 is 4.90 Å². The zero-order valence-corrected chi connectivity index (χ0v) is 16.1. The molecule has 2 heterocycles. The lowest BCUT2D eigenvalue weighted by molar-refractivity contribution is -0.123. The molecule has 3 rings (SSSR count). The lowest BCUT2D eigenvalue weighted by Gasteiger charge is -2.40. The number of nitrogens with zero attached hydrogens (tertiary/aromatic N) is 2. The molecule has 0 saturated carbocycles. The number of carbonyl (C=O) groups is 3. The van der Waals surface area contributed by atoms with Gasteiger partial charge in [-0.25, -0.2) is 4.90 Å². The van der Waals surface area contributed by atoms with E-state index in [0.717, 1.165) is 5.56 Å². The summed E-state index contributed by atoms with van der Waals surface area (Å²) in [6.45, 7) is 7.66. The number of carbonyl (C=O) groups excluding carboxylic acids is 3. The van der Waals surface area contributed by atoms with Crippen LogP contribution in [0.25, 0.3) is 0 Å². The molecule has 27 heavy (non-hydrogen) atoms. The summed E-state index contributed by atoms with van der Waals surface area (Å²) < 4.78 is 5.26. The van der Waals surface area contributed by atoms with Crippen molar-refractivity contribution in [1.29, 1.82) is 0 Å². The van der Waals surface area contributed by atoms with Gasteiger partial charge >= 0.3 is 0 Å². The molecule has 142 valence electrons. The van der Waals surface area contributed by atoms with Gasteiger partial charge in [-0.15, -0.1) is 0 Å². The van der Waals surface area contributed by atoms with E-state index in [4.69, 9.17) is 4.42 Å². The molecule has 1 aromatic carbocycles. The summed E-state index contributed by atoms with van der Waals surface area (Å²) in [7, 11) is 0. The SMILES string of the molecule is CCC(C)(C)N(C(=O)c1ccco1)C1CC(=O)N(c2ccc(C)cc2)C1=O. The first-order valence-corrected chi connectivity index (χ1v) is 9.07. The molecule has 0 bridgehead atoms. The summed E-state index contributed by atoms with van der Waals surface area (Å²) in [5.74, 6) is -0.919. The summed E-state index contributed by atoms with van der Waals surface area (Å²) in [4.78, 5) is 41.6. The second-order valence-corrected chi connectivity index (χ2v) is 7.44. The predicted octanol–water partition coefficient (Wildman–Crippen LogP) is 3.55. The molecule has 0 N–H and O–H groups in total. The zero-order chi connectivity index (χ0) is 19.8. The molecule has 1 aliphatic rings. The molecular weight excluding hydrogens is 344 g/mol. The fourth-order valence-electron chi connectivity index (χ4n) is 3.31. The molecule has 1 atom stereocenters. The van der Waals surface area contributed by atoms with E-state index in [0.29, 0.717) is 12.1 Å². The third-order valence-corrected chi connectivity index (χ3v) is 5.19. The average Bonchev–Trinajstić information content (AvgIpc) is 3.25. The molecule has 2 aromatic rings. The van der Waals surface area contributed by atoms with Gasteiger partial charge in [0.1, 0.15) is 6.04 Å². The number of anilines is 1. The lowest BCUT2D eigenvalue weighted by Crippen LogP contribution is -2.55. The summed E-state index contributed by atoms with van der Waals surface area (Å²) in [6.07, 6.45) is 2.01. The Kier molecular flexibility index (Phi) is 4.91. The number of rotatable bonds is 5. The maximum absolute atomic E-state index is 13.2. The Hall–Kier alpha value is -2.89. The fraction of sp³-hybridized carbons (Fsp3) is 0.381. The molecule has 1 fully saturated rings. The molecule has 1 aliphatic heterocycles. The van der Waals surface area contributed by atoms with Crippen LogP contribution in [0.5, 0.6) is 0 Å². The van der Waals surface area contributed by atoms with Crippen LogP contribution in [0.2, 0.25) is 0 Å². The summed E-state index contributed by atoms with van der Waals surface area (Å²) >= 11 is 0.